The highest BCUT2D eigenvalue weighted by Crippen LogP contribution is 2.27. The molecule has 0 N–H and O–H groups in total. The van der Waals surface area contributed by atoms with Crippen molar-refractivity contribution in [3.8, 4) is 0 Å². The Morgan fingerprint density at radius 1 is 1.27 bits per heavy atom. The van der Waals surface area contributed by atoms with Crippen molar-refractivity contribution in [2.45, 2.75) is 37.9 Å². The van der Waals surface area contributed by atoms with Crippen molar-refractivity contribution in [1.82, 2.24) is 4.57 Å². The lowest BCUT2D eigenvalue weighted by molar-refractivity contribution is 0.520. The first-order chi connectivity index (χ1) is 5.02. The number of hydrogen-bond acceptors (Lipinski definition) is 1. The first kappa shape index (κ1) is 9.48. The Morgan fingerprint density at radius 3 is 2.09 bits per heavy atom. The van der Waals surface area contributed by atoms with Gasteiger partial charge in [0.25, 0.3) is 0 Å². The molecule has 1 nitrogen and oxygen atoms in total. The molecule has 0 saturated carbocycles. The molecule has 1 rings (SSSR count). The second kappa shape index (κ2) is 3.41. The van der Waals surface area contributed by atoms with Crippen LogP contribution in [0.1, 0.15) is 26.7 Å². The van der Waals surface area contributed by atoms with Crippen molar-refractivity contribution in [1.29, 1.82) is 0 Å². The lowest BCUT2D eigenvalue weighted by Crippen LogP contribution is -2.42. The predicted octanol–water partition coefficient (Wildman–Crippen LogP) is 0.539. The predicted molar refractivity (Wildman–Crippen MR) is 57.8 cm³/mol. The zero-order valence-electron chi connectivity index (χ0n) is 8.35. The zero-order chi connectivity index (χ0) is 8.48. The summed E-state index contributed by atoms with van der Waals surface area (Å²) in [6.07, 6.45) is 2.91. The fraction of sp³-hybridized carbons (Fsp3) is 1.00. The molecule has 1 fully saturated rings. The van der Waals surface area contributed by atoms with Gasteiger partial charge >= 0.3 is 0 Å². The maximum atomic E-state index is 2.78. The van der Waals surface area contributed by atoms with E-state index in [1.54, 1.807) is 0 Å². The summed E-state index contributed by atoms with van der Waals surface area (Å²) in [5, 5.41) is 0. The second-order valence-electron chi connectivity index (χ2n) is 4.79. The standard InChI is InChI=1S/C8H21NSi2/c1-8(2,10)11(3)9-6-4-5-7-9/h11H,4-7H2,1-3,10H3. The summed E-state index contributed by atoms with van der Waals surface area (Å²) in [4.78, 5) is 0. The van der Waals surface area contributed by atoms with Crippen molar-refractivity contribution in [3.63, 3.8) is 0 Å². The first-order valence-corrected chi connectivity index (χ1v) is 8.01. The van der Waals surface area contributed by atoms with Crippen LogP contribution in [-0.2, 0) is 0 Å². The van der Waals surface area contributed by atoms with E-state index in [1.807, 2.05) is 0 Å². The Labute approximate surface area is 75.3 Å². The Balaban J connectivity index is 2.46. The molecule has 0 aromatic heterocycles. The van der Waals surface area contributed by atoms with Gasteiger partial charge < -0.3 is 4.57 Å². The van der Waals surface area contributed by atoms with Crippen LogP contribution in [0.15, 0.2) is 0 Å². The van der Waals surface area contributed by atoms with Crippen LogP contribution >= 0.6 is 0 Å². The summed E-state index contributed by atoms with van der Waals surface area (Å²) < 4.78 is 3.51. The Morgan fingerprint density at radius 2 is 1.73 bits per heavy atom. The van der Waals surface area contributed by atoms with Gasteiger partial charge in [-0.05, 0) is 30.6 Å². The van der Waals surface area contributed by atoms with E-state index >= 15 is 0 Å². The third kappa shape index (κ3) is 2.42. The minimum atomic E-state index is -0.548. The van der Waals surface area contributed by atoms with Crippen LogP contribution in [-0.4, -0.2) is 36.9 Å². The van der Waals surface area contributed by atoms with Gasteiger partial charge in [-0.2, -0.15) is 0 Å². The Bertz CT molecular complexity index is 125. The molecule has 0 spiro atoms. The van der Waals surface area contributed by atoms with Crippen LogP contribution in [0.4, 0.5) is 0 Å². The van der Waals surface area contributed by atoms with Gasteiger partial charge in [0.1, 0.15) is 8.96 Å². The van der Waals surface area contributed by atoms with Gasteiger partial charge in [-0.15, -0.1) is 0 Å². The molecule has 66 valence electrons. The van der Waals surface area contributed by atoms with E-state index in [0.29, 0.717) is 0 Å². The zero-order valence-corrected chi connectivity index (χ0v) is 11.5. The number of nitrogens with zero attached hydrogens (tertiary/aromatic N) is 1. The van der Waals surface area contributed by atoms with E-state index in [2.05, 4.69) is 25.0 Å². The maximum Gasteiger partial charge on any atom is 0.110 e. The molecule has 1 aliphatic rings. The molecular weight excluding hydrogens is 166 g/mol. The topological polar surface area (TPSA) is 3.24 Å². The molecule has 1 aliphatic heterocycles. The summed E-state index contributed by atoms with van der Waals surface area (Å²) >= 11 is 0. The van der Waals surface area contributed by atoms with Gasteiger partial charge in [-0.25, -0.2) is 0 Å². The summed E-state index contributed by atoms with van der Waals surface area (Å²) in [5.41, 5.74) is 0. The summed E-state index contributed by atoms with van der Waals surface area (Å²) in [6.45, 7) is 10.2. The highest BCUT2D eigenvalue weighted by molar-refractivity contribution is 6.66. The van der Waals surface area contributed by atoms with Crippen LogP contribution < -0.4 is 0 Å². The van der Waals surface area contributed by atoms with E-state index in [0.717, 1.165) is 4.66 Å². The van der Waals surface area contributed by atoms with E-state index < -0.39 is 8.96 Å². The van der Waals surface area contributed by atoms with Crippen molar-refractivity contribution in [3.05, 3.63) is 0 Å². The minimum Gasteiger partial charge on any atom is -0.326 e. The van der Waals surface area contributed by atoms with E-state index in [9.17, 15) is 0 Å². The third-order valence-electron chi connectivity index (χ3n) is 2.94. The van der Waals surface area contributed by atoms with Gasteiger partial charge in [0.15, 0.2) is 0 Å². The molecule has 0 aromatic carbocycles. The SMILES string of the molecule is C[SiH](N1CCCC1)C(C)(C)[SiH3]. The number of rotatable bonds is 2. The molecule has 3 heteroatoms. The van der Waals surface area contributed by atoms with Crippen molar-refractivity contribution >= 4 is 19.2 Å². The van der Waals surface area contributed by atoms with Gasteiger partial charge in [-0.3, -0.25) is 0 Å². The normalized spacial score (nSPS) is 24.3. The fourth-order valence-corrected chi connectivity index (χ4v) is 5.01. The first-order valence-electron chi connectivity index (χ1n) is 4.76. The second-order valence-corrected chi connectivity index (χ2v) is 12.3. The number of hydrogen-bond donors (Lipinski definition) is 0. The molecule has 0 amide bonds. The van der Waals surface area contributed by atoms with Crippen molar-refractivity contribution in [2.24, 2.45) is 0 Å². The average Bonchev–Trinajstić information content (AvgIpc) is 2.34. The summed E-state index contributed by atoms with van der Waals surface area (Å²) in [5.74, 6) is 0. The lowest BCUT2D eigenvalue weighted by Gasteiger charge is -2.33. The van der Waals surface area contributed by atoms with Crippen LogP contribution in [0.2, 0.25) is 11.2 Å². The average molecular weight is 187 g/mol. The molecule has 11 heavy (non-hydrogen) atoms. The summed E-state index contributed by atoms with van der Waals surface area (Å²) in [7, 11) is 0.819. The van der Waals surface area contributed by atoms with Crippen LogP contribution in [0.3, 0.4) is 0 Å². The molecule has 0 aliphatic carbocycles. The van der Waals surface area contributed by atoms with Crippen LogP contribution in [0, 0.1) is 0 Å². The van der Waals surface area contributed by atoms with E-state index in [1.165, 1.54) is 36.2 Å². The monoisotopic (exact) mass is 187 g/mol. The lowest BCUT2D eigenvalue weighted by atomic mass is 10.4. The van der Waals surface area contributed by atoms with E-state index in [4.69, 9.17) is 0 Å². The maximum absolute atomic E-state index is 2.78. The van der Waals surface area contributed by atoms with E-state index in [-0.39, 0.29) is 0 Å². The van der Waals surface area contributed by atoms with Crippen molar-refractivity contribution < 1.29 is 0 Å². The summed E-state index contributed by atoms with van der Waals surface area (Å²) in [6, 6.07) is 0. The van der Waals surface area contributed by atoms with Gasteiger partial charge in [-0.1, -0.05) is 20.4 Å². The third-order valence-corrected chi connectivity index (χ3v) is 9.57. The van der Waals surface area contributed by atoms with Gasteiger partial charge in [0, 0.05) is 10.2 Å². The Kier molecular flexibility index (Phi) is 2.94. The largest absolute Gasteiger partial charge is 0.326 e. The Hall–Kier alpha value is 0.394. The molecule has 1 heterocycles. The van der Waals surface area contributed by atoms with Crippen LogP contribution in [0.5, 0.6) is 0 Å². The quantitative estimate of drug-likeness (QED) is 0.571. The molecular formula is C8H21NSi2. The molecule has 0 aromatic rings. The van der Waals surface area contributed by atoms with Crippen LogP contribution in [0.25, 0.3) is 0 Å². The van der Waals surface area contributed by atoms with Gasteiger partial charge in [0.2, 0.25) is 0 Å². The fourth-order valence-electron chi connectivity index (χ4n) is 1.68. The highest BCUT2D eigenvalue weighted by Gasteiger charge is 2.29. The molecule has 1 unspecified atom stereocenters. The molecule has 0 bridgehead atoms. The minimum absolute atomic E-state index is 0.548. The highest BCUT2D eigenvalue weighted by atomic mass is 28.3. The smallest absolute Gasteiger partial charge is 0.110 e. The molecule has 1 saturated heterocycles. The van der Waals surface area contributed by atoms with Gasteiger partial charge in [0.05, 0.1) is 0 Å². The molecule has 0 radical (unpaired) electrons. The molecule has 1 atom stereocenters. The van der Waals surface area contributed by atoms with Crippen molar-refractivity contribution in [2.75, 3.05) is 13.1 Å².